The first kappa shape index (κ1) is 14.3. The Balaban J connectivity index is 2.63. The predicted molar refractivity (Wildman–Crippen MR) is 74.2 cm³/mol. The molecular weight excluding hydrogens is 234 g/mol. The summed E-state index contributed by atoms with van der Waals surface area (Å²) >= 11 is 1.67. The van der Waals surface area contributed by atoms with Gasteiger partial charge >= 0.3 is 0 Å². The summed E-state index contributed by atoms with van der Waals surface area (Å²) < 4.78 is 5.29. The van der Waals surface area contributed by atoms with Gasteiger partial charge in [-0.3, -0.25) is 0 Å². The first-order valence-electron chi connectivity index (χ1n) is 5.75. The van der Waals surface area contributed by atoms with Crippen molar-refractivity contribution in [1.82, 2.24) is 10.3 Å². The van der Waals surface area contributed by atoms with Crippen molar-refractivity contribution in [3.05, 3.63) is 4.88 Å². The van der Waals surface area contributed by atoms with E-state index in [2.05, 4.69) is 31.1 Å². The lowest BCUT2D eigenvalue weighted by Crippen LogP contribution is -2.26. The maximum Gasteiger partial charge on any atom is 0.230 e. The fourth-order valence-corrected chi connectivity index (χ4v) is 2.26. The van der Waals surface area contributed by atoms with Crippen LogP contribution in [0.1, 0.15) is 25.6 Å². The minimum atomic E-state index is 0.294. The van der Waals surface area contributed by atoms with Crippen LogP contribution in [-0.2, 0) is 6.54 Å². The van der Waals surface area contributed by atoms with Gasteiger partial charge in [0.15, 0.2) is 5.13 Å². The molecule has 0 radical (unpaired) electrons. The molecule has 0 amide bonds. The van der Waals surface area contributed by atoms with Gasteiger partial charge in [0.25, 0.3) is 0 Å². The van der Waals surface area contributed by atoms with E-state index in [1.165, 1.54) is 0 Å². The number of thiazole rings is 1. The van der Waals surface area contributed by atoms with Gasteiger partial charge < -0.3 is 15.0 Å². The molecule has 1 N–H and O–H groups in total. The smallest absolute Gasteiger partial charge is 0.230 e. The quantitative estimate of drug-likeness (QED) is 0.878. The van der Waals surface area contributed by atoms with Crippen LogP contribution in [0.15, 0.2) is 0 Å². The molecule has 0 fully saturated rings. The van der Waals surface area contributed by atoms with E-state index in [4.69, 9.17) is 4.74 Å². The van der Waals surface area contributed by atoms with Crippen molar-refractivity contribution in [2.24, 2.45) is 5.41 Å². The highest BCUT2D eigenvalue weighted by Gasteiger charge is 2.14. The van der Waals surface area contributed by atoms with Crippen LogP contribution >= 0.6 is 11.3 Å². The van der Waals surface area contributed by atoms with E-state index in [1.807, 2.05) is 19.0 Å². The molecule has 1 rings (SSSR count). The van der Waals surface area contributed by atoms with E-state index >= 15 is 0 Å². The van der Waals surface area contributed by atoms with Crippen molar-refractivity contribution >= 4 is 16.5 Å². The third-order valence-corrected chi connectivity index (χ3v) is 3.37. The lowest BCUT2D eigenvalue weighted by molar-refractivity contribution is 0.371. The summed E-state index contributed by atoms with van der Waals surface area (Å²) in [5.41, 5.74) is 0.294. The van der Waals surface area contributed by atoms with Gasteiger partial charge in [-0.15, -0.1) is 0 Å². The predicted octanol–water partition coefficient (Wildman–Crippen LogP) is 2.35. The molecule has 0 aliphatic heterocycles. The van der Waals surface area contributed by atoms with Gasteiger partial charge in [-0.05, 0) is 5.41 Å². The van der Waals surface area contributed by atoms with Gasteiger partial charge in [-0.25, -0.2) is 0 Å². The van der Waals surface area contributed by atoms with Crippen molar-refractivity contribution in [3.8, 4) is 5.88 Å². The van der Waals surface area contributed by atoms with E-state index in [1.54, 1.807) is 18.4 Å². The number of nitrogens with one attached hydrogen (secondary N) is 1. The van der Waals surface area contributed by atoms with Gasteiger partial charge in [-0.2, -0.15) is 4.98 Å². The third kappa shape index (κ3) is 4.52. The zero-order valence-corrected chi connectivity index (χ0v) is 12.4. The van der Waals surface area contributed by atoms with Gasteiger partial charge in [0.1, 0.15) is 0 Å². The van der Waals surface area contributed by atoms with Crippen molar-refractivity contribution < 1.29 is 4.74 Å². The Hall–Kier alpha value is -0.810. The van der Waals surface area contributed by atoms with Crippen LogP contribution in [-0.4, -0.2) is 32.7 Å². The highest BCUT2D eigenvalue weighted by Crippen LogP contribution is 2.30. The highest BCUT2D eigenvalue weighted by atomic mass is 32.1. The molecule has 1 aromatic heterocycles. The van der Waals surface area contributed by atoms with Crippen LogP contribution in [0.3, 0.4) is 0 Å². The molecule has 0 bridgehead atoms. The number of hydrogen-bond donors (Lipinski definition) is 1. The summed E-state index contributed by atoms with van der Waals surface area (Å²) in [6.45, 7) is 8.44. The maximum atomic E-state index is 5.29. The van der Waals surface area contributed by atoms with Gasteiger partial charge in [-0.1, -0.05) is 32.1 Å². The van der Waals surface area contributed by atoms with E-state index in [-0.39, 0.29) is 0 Å². The number of hydrogen-bond acceptors (Lipinski definition) is 5. The van der Waals surface area contributed by atoms with Gasteiger partial charge in [0.2, 0.25) is 5.88 Å². The van der Waals surface area contributed by atoms with E-state index in [0.29, 0.717) is 5.41 Å². The average molecular weight is 257 g/mol. The molecule has 0 unspecified atom stereocenters. The van der Waals surface area contributed by atoms with Gasteiger partial charge in [0, 0.05) is 27.2 Å². The molecule has 0 saturated heterocycles. The standard InChI is InChI=1S/C12H23N3OS/c1-12(2,3)8-13-7-9-10(16-6)14-11(17-9)15(4)5/h13H,7-8H2,1-6H3. The normalized spacial score (nSPS) is 11.6. The van der Waals surface area contributed by atoms with Crippen molar-refractivity contribution in [2.75, 3.05) is 32.6 Å². The zero-order valence-electron chi connectivity index (χ0n) is 11.6. The highest BCUT2D eigenvalue weighted by molar-refractivity contribution is 7.15. The molecule has 0 aliphatic carbocycles. The second-order valence-electron chi connectivity index (χ2n) is 5.49. The van der Waals surface area contributed by atoms with Crippen molar-refractivity contribution in [3.63, 3.8) is 0 Å². The van der Waals surface area contributed by atoms with Crippen LogP contribution < -0.4 is 15.0 Å². The average Bonchev–Trinajstić information content (AvgIpc) is 2.59. The second-order valence-corrected chi connectivity index (χ2v) is 6.55. The molecular formula is C12H23N3OS. The number of anilines is 1. The summed E-state index contributed by atoms with van der Waals surface area (Å²) in [6, 6.07) is 0. The topological polar surface area (TPSA) is 37.4 Å². The lowest BCUT2D eigenvalue weighted by Gasteiger charge is -2.18. The third-order valence-electron chi connectivity index (χ3n) is 2.17. The fourth-order valence-electron chi connectivity index (χ4n) is 1.34. The van der Waals surface area contributed by atoms with Gasteiger partial charge in [0.05, 0.1) is 12.0 Å². The first-order chi connectivity index (χ1) is 7.83. The Morgan fingerprint density at radius 1 is 1.35 bits per heavy atom. The van der Waals surface area contributed by atoms with E-state index in [9.17, 15) is 0 Å². The molecule has 98 valence electrons. The van der Waals surface area contributed by atoms with Crippen LogP contribution in [0.4, 0.5) is 5.13 Å². The molecule has 1 aromatic rings. The number of methoxy groups -OCH3 is 1. The lowest BCUT2D eigenvalue weighted by atomic mass is 9.97. The van der Waals surface area contributed by atoms with Crippen molar-refractivity contribution in [1.29, 1.82) is 0 Å². The minimum absolute atomic E-state index is 0.294. The first-order valence-corrected chi connectivity index (χ1v) is 6.57. The Morgan fingerprint density at radius 2 is 2.00 bits per heavy atom. The second kappa shape index (κ2) is 5.69. The number of aromatic nitrogens is 1. The summed E-state index contributed by atoms with van der Waals surface area (Å²) in [6.07, 6.45) is 0. The number of ether oxygens (including phenoxy) is 1. The van der Waals surface area contributed by atoms with Crippen LogP contribution in [0.25, 0.3) is 0 Å². The SMILES string of the molecule is COc1nc(N(C)C)sc1CNCC(C)(C)C. The molecule has 17 heavy (non-hydrogen) atoms. The van der Waals surface area contributed by atoms with Crippen LogP contribution in [0.5, 0.6) is 5.88 Å². The van der Waals surface area contributed by atoms with E-state index < -0.39 is 0 Å². The monoisotopic (exact) mass is 257 g/mol. The molecule has 0 aromatic carbocycles. The molecule has 0 aliphatic rings. The molecule has 0 atom stereocenters. The summed E-state index contributed by atoms with van der Waals surface area (Å²) in [5.74, 6) is 0.736. The minimum Gasteiger partial charge on any atom is -0.480 e. The molecule has 4 nitrogen and oxygen atoms in total. The Bertz CT molecular complexity index is 355. The van der Waals surface area contributed by atoms with E-state index in [0.717, 1.165) is 29.0 Å². The van der Waals surface area contributed by atoms with Crippen LogP contribution in [0.2, 0.25) is 0 Å². The summed E-state index contributed by atoms with van der Waals surface area (Å²) in [4.78, 5) is 7.58. The van der Waals surface area contributed by atoms with Crippen LogP contribution in [0, 0.1) is 5.41 Å². The number of nitrogens with zero attached hydrogens (tertiary/aromatic N) is 2. The largest absolute Gasteiger partial charge is 0.480 e. The molecule has 5 heteroatoms. The summed E-state index contributed by atoms with van der Waals surface area (Å²) in [7, 11) is 5.65. The molecule has 0 saturated carbocycles. The molecule has 1 heterocycles. The van der Waals surface area contributed by atoms with Crippen molar-refractivity contribution in [2.45, 2.75) is 27.3 Å². The Labute approximate surface area is 108 Å². The fraction of sp³-hybridized carbons (Fsp3) is 0.750. The number of rotatable bonds is 5. The zero-order chi connectivity index (χ0) is 13.1. The summed E-state index contributed by atoms with van der Waals surface area (Å²) in [5, 5.41) is 4.42. The Kier molecular flexibility index (Phi) is 4.77. The molecule has 0 spiro atoms. The maximum absolute atomic E-state index is 5.29. The Morgan fingerprint density at radius 3 is 2.47 bits per heavy atom.